The molecule has 0 radical (unpaired) electrons. The lowest BCUT2D eigenvalue weighted by molar-refractivity contribution is 1.31. The molecule has 0 unspecified atom stereocenters. The Morgan fingerprint density at radius 1 is 0.762 bits per heavy atom. The fourth-order valence-corrected chi connectivity index (χ4v) is 3.53. The molecule has 5 rings (SSSR count). The Balaban J connectivity index is 1.84. The highest BCUT2D eigenvalue weighted by Crippen LogP contribution is 2.41. The van der Waals surface area contributed by atoms with E-state index in [-0.39, 0.29) is 0 Å². The minimum Gasteiger partial charge on any atom is -0.0801 e. The van der Waals surface area contributed by atoms with Crippen molar-refractivity contribution in [2.24, 2.45) is 0 Å². The maximum Gasteiger partial charge on any atom is -0.00879 e. The van der Waals surface area contributed by atoms with Gasteiger partial charge in [-0.15, -0.1) is 0 Å². The molecule has 0 atom stereocenters. The van der Waals surface area contributed by atoms with Crippen molar-refractivity contribution in [1.82, 2.24) is 0 Å². The number of benzene rings is 3. The van der Waals surface area contributed by atoms with E-state index in [1.165, 1.54) is 43.8 Å². The highest BCUT2D eigenvalue weighted by molar-refractivity contribution is 6.04. The Morgan fingerprint density at radius 2 is 1.52 bits per heavy atom. The standard InChI is InChI=1S/C21H14/c1-2-6-15-10-18-13-21-19(12-17(18)9-14(15)5-1)11-16-7-3-4-8-20(16)21/h1-6,8-13H,7H2. The van der Waals surface area contributed by atoms with Crippen molar-refractivity contribution < 1.29 is 0 Å². The molecule has 3 aromatic rings. The molecule has 0 amide bonds. The highest BCUT2D eigenvalue weighted by Gasteiger charge is 2.19. The molecule has 98 valence electrons. The lowest BCUT2D eigenvalue weighted by Crippen LogP contribution is -1.88. The fourth-order valence-electron chi connectivity index (χ4n) is 3.53. The van der Waals surface area contributed by atoms with Gasteiger partial charge in [-0.2, -0.15) is 0 Å². The van der Waals surface area contributed by atoms with Gasteiger partial charge >= 0.3 is 0 Å². The molecule has 0 saturated carbocycles. The number of fused-ring (bicyclic) bond motifs is 5. The molecule has 3 aromatic carbocycles. The Morgan fingerprint density at radius 3 is 2.33 bits per heavy atom. The molecule has 0 aromatic heterocycles. The largest absolute Gasteiger partial charge is 0.0801 e. The normalized spacial score (nSPS) is 15.8. The second-order valence-electron chi connectivity index (χ2n) is 5.87. The molecular weight excluding hydrogens is 252 g/mol. The van der Waals surface area contributed by atoms with E-state index in [1.807, 2.05) is 0 Å². The summed E-state index contributed by atoms with van der Waals surface area (Å²) in [6.07, 6.45) is 10.0. The van der Waals surface area contributed by atoms with Gasteiger partial charge in [0.25, 0.3) is 0 Å². The van der Waals surface area contributed by atoms with E-state index in [0.29, 0.717) is 0 Å². The summed E-state index contributed by atoms with van der Waals surface area (Å²) in [5.74, 6) is 0. The summed E-state index contributed by atoms with van der Waals surface area (Å²) in [6.45, 7) is 0. The zero-order valence-electron chi connectivity index (χ0n) is 11.6. The third kappa shape index (κ3) is 1.56. The Kier molecular flexibility index (Phi) is 2.09. The van der Waals surface area contributed by atoms with Crippen molar-refractivity contribution in [3.63, 3.8) is 0 Å². The van der Waals surface area contributed by atoms with Crippen molar-refractivity contribution in [1.29, 1.82) is 0 Å². The average Bonchev–Trinajstić information content (AvgIpc) is 2.88. The molecule has 0 nitrogen and oxygen atoms in total. The lowest BCUT2D eigenvalue weighted by Gasteiger charge is -2.10. The minimum absolute atomic E-state index is 1.05. The van der Waals surface area contributed by atoms with Crippen LogP contribution in [0.25, 0.3) is 33.2 Å². The fraction of sp³-hybridized carbons (Fsp3) is 0.0476. The van der Waals surface area contributed by atoms with Crippen LogP contribution in [0.3, 0.4) is 0 Å². The average molecular weight is 266 g/mol. The third-order valence-corrected chi connectivity index (χ3v) is 4.58. The lowest BCUT2D eigenvalue weighted by atomic mass is 9.94. The maximum atomic E-state index is 2.35. The van der Waals surface area contributed by atoms with Gasteiger partial charge in [0.15, 0.2) is 0 Å². The van der Waals surface area contributed by atoms with E-state index in [2.05, 4.69) is 72.8 Å². The van der Waals surface area contributed by atoms with Gasteiger partial charge in [0.1, 0.15) is 0 Å². The van der Waals surface area contributed by atoms with Gasteiger partial charge in [-0.25, -0.2) is 0 Å². The first kappa shape index (κ1) is 11.1. The van der Waals surface area contributed by atoms with Crippen LogP contribution >= 0.6 is 0 Å². The summed E-state index contributed by atoms with van der Waals surface area (Å²) in [5, 5.41) is 5.29. The first-order valence-corrected chi connectivity index (χ1v) is 7.43. The van der Waals surface area contributed by atoms with Crippen LogP contribution in [0.1, 0.15) is 17.5 Å². The summed E-state index contributed by atoms with van der Waals surface area (Å²) in [4.78, 5) is 0. The first-order valence-electron chi connectivity index (χ1n) is 7.43. The molecule has 0 aliphatic heterocycles. The van der Waals surface area contributed by atoms with Crippen LogP contribution in [-0.4, -0.2) is 0 Å². The predicted octanol–water partition coefficient (Wildman–Crippen LogP) is 5.73. The topological polar surface area (TPSA) is 0 Å². The number of allylic oxidation sites excluding steroid dienone is 5. The first-order chi connectivity index (χ1) is 10.4. The van der Waals surface area contributed by atoms with Crippen LogP contribution in [0.15, 0.2) is 72.3 Å². The van der Waals surface area contributed by atoms with E-state index in [9.17, 15) is 0 Å². The van der Waals surface area contributed by atoms with Crippen molar-refractivity contribution >= 4 is 33.2 Å². The van der Waals surface area contributed by atoms with Crippen LogP contribution in [0.5, 0.6) is 0 Å². The molecule has 2 aliphatic carbocycles. The molecule has 0 bridgehead atoms. The van der Waals surface area contributed by atoms with E-state index in [1.54, 1.807) is 0 Å². The summed E-state index contributed by atoms with van der Waals surface area (Å²) in [7, 11) is 0. The summed E-state index contributed by atoms with van der Waals surface area (Å²) in [6, 6.07) is 17.9. The second-order valence-corrected chi connectivity index (χ2v) is 5.87. The van der Waals surface area contributed by atoms with Crippen LogP contribution in [0, 0.1) is 0 Å². The number of hydrogen-bond acceptors (Lipinski definition) is 0. The highest BCUT2D eigenvalue weighted by atomic mass is 14.2. The van der Waals surface area contributed by atoms with E-state index in [4.69, 9.17) is 0 Å². The molecular formula is C21H14. The number of rotatable bonds is 0. The smallest absolute Gasteiger partial charge is 0.00879 e. The van der Waals surface area contributed by atoms with Crippen molar-refractivity contribution in [3.8, 4) is 0 Å². The van der Waals surface area contributed by atoms with Crippen LogP contribution in [0.2, 0.25) is 0 Å². The molecule has 2 aliphatic rings. The van der Waals surface area contributed by atoms with Gasteiger partial charge in [0.2, 0.25) is 0 Å². The zero-order chi connectivity index (χ0) is 13.8. The van der Waals surface area contributed by atoms with Crippen LogP contribution in [-0.2, 0) is 0 Å². The molecule has 0 saturated heterocycles. The van der Waals surface area contributed by atoms with Gasteiger partial charge in [-0.1, -0.05) is 48.6 Å². The van der Waals surface area contributed by atoms with E-state index < -0.39 is 0 Å². The third-order valence-electron chi connectivity index (χ3n) is 4.58. The summed E-state index contributed by atoms with van der Waals surface area (Å²) >= 11 is 0. The van der Waals surface area contributed by atoms with Gasteiger partial charge in [-0.3, -0.25) is 0 Å². The molecule has 0 fully saturated rings. The molecule has 0 heterocycles. The number of hydrogen-bond donors (Lipinski definition) is 0. The monoisotopic (exact) mass is 266 g/mol. The predicted molar refractivity (Wildman–Crippen MR) is 91.2 cm³/mol. The van der Waals surface area contributed by atoms with Crippen molar-refractivity contribution in [2.75, 3.05) is 0 Å². The Labute approximate surface area is 123 Å². The van der Waals surface area contributed by atoms with Gasteiger partial charge in [-0.05, 0) is 74.5 Å². The van der Waals surface area contributed by atoms with E-state index in [0.717, 1.165) is 6.42 Å². The quantitative estimate of drug-likeness (QED) is 0.455. The van der Waals surface area contributed by atoms with E-state index >= 15 is 0 Å². The summed E-state index contributed by atoms with van der Waals surface area (Å²) < 4.78 is 0. The van der Waals surface area contributed by atoms with Gasteiger partial charge in [0.05, 0.1) is 0 Å². The van der Waals surface area contributed by atoms with Crippen LogP contribution < -0.4 is 0 Å². The second kappa shape index (κ2) is 3.95. The molecule has 0 heteroatoms. The van der Waals surface area contributed by atoms with Crippen molar-refractivity contribution in [2.45, 2.75) is 6.42 Å². The van der Waals surface area contributed by atoms with Gasteiger partial charge < -0.3 is 0 Å². The molecule has 0 spiro atoms. The zero-order valence-corrected chi connectivity index (χ0v) is 11.6. The Hall–Kier alpha value is -2.60. The van der Waals surface area contributed by atoms with Gasteiger partial charge in [0, 0.05) is 0 Å². The maximum absolute atomic E-state index is 2.35. The van der Waals surface area contributed by atoms with Crippen molar-refractivity contribution in [3.05, 3.63) is 83.5 Å². The molecule has 0 N–H and O–H groups in total. The minimum atomic E-state index is 1.05. The molecule has 21 heavy (non-hydrogen) atoms. The summed E-state index contributed by atoms with van der Waals surface area (Å²) in [5.41, 5.74) is 5.61. The SMILES string of the molecule is C1=CCC2=Cc3cc4cc5ccccc5cc4cc3C2=C1. The van der Waals surface area contributed by atoms with Crippen LogP contribution in [0.4, 0.5) is 0 Å². The Bertz CT molecular complexity index is 997.